The number of nitrogens with one attached hydrogen (secondary N) is 1. The van der Waals surface area contributed by atoms with Crippen molar-refractivity contribution >= 4 is 5.91 Å². The first-order valence-corrected chi connectivity index (χ1v) is 7.19. The van der Waals surface area contributed by atoms with Crippen LogP contribution in [0.3, 0.4) is 0 Å². The number of hydrogen-bond acceptors (Lipinski definition) is 4. The Morgan fingerprint density at radius 3 is 2.65 bits per heavy atom. The molecule has 23 heavy (non-hydrogen) atoms. The molecule has 1 atom stereocenters. The highest BCUT2D eigenvalue weighted by molar-refractivity contribution is 5.94. The normalized spacial score (nSPS) is 11.9. The minimum absolute atomic E-state index is 0.170. The SMILES string of the molecule is O=C(NC(CO)c1ccccc1)c1ccc(-n2ccnc2)nc1. The van der Waals surface area contributed by atoms with Gasteiger partial charge in [0.25, 0.3) is 5.91 Å². The van der Waals surface area contributed by atoms with E-state index in [2.05, 4.69) is 15.3 Å². The molecule has 0 radical (unpaired) electrons. The van der Waals surface area contributed by atoms with Crippen LogP contribution >= 0.6 is 0 Å². The molecule has 1 amide bonds. The maximum atomic E-state index is 12.3. The molecular formula is C17H16N4O2. The fraction of sp³-hybridized carbons (Fsp3) is 0.118. The highest BCUT2D eigenvalue weighted by Gasteiger charge is 2.15. The van der Waals surface area contributed by atoms with E-state index >= 15 is 0 Å². The van der Waals surface area contributed by atoms with E-state index in [1.165, 1.54) is 6.20 Å². The first-order chi connectivity index (χ1) is 11.3. The van der Waals surface area contributed by atoms with Gasteiger partial charge in [0.15, 0.2) is 0 Å². The van der Waals surface area contributed by atoms with Crippen LogP contribution in [-0.4, -0.2) is 32.2 Å². The van der Waals surface area contributed by atoms with Crippen LogP contribution in [0, 0.1) is 0 Å². The Morgan fingerprint density at radius 1 is 1.22 bits per heavy atom. The third-order valence-corrected chi connectivity index (χ3v) is 3.47. The number of benzene rings is 1. The number of aromatic nitrogens is 3. The number of rotatable bonds is 5. The summed E-state index contributed by atoms with van der Waals surface area (Å²) >= 11 is 0. The minimum atomic E-state index is -0.447. The van der Waals surface area contributed by atoms with Gasteiger partial charge >= 0.3 is 0 Å². The van der Waals surface area contributed by atoms with Gasteiger partial charge in [-0.1, -0.05) is 30.3 Å². The zero-order chi connectivity index (χ0) is 16.1. The third kappa shape index (κ3) is 3.44. The highest BCUT2D eigenvalue weighted by Crippen LogP contribution is 2.13. The summed E-state index contributed by atoms with van der Waals surface area (Å²) in [5.74, 6) is 0.401. The van der Waals surface area contributed by atoms with Crippen LogP contribution < -0.4 is 5.32 Å². The van der Waals surface area contributed by atoms with Crippen molar-refractivity contribution in [3.05, 3.63) is 78.5 Å². The van der Waals surface area contributed by atoms with E-state index in [9.17, 15) is 9.90 Å². The molecule has 0 saturated heterocycles. The molecule has 3 rings (SSSR count). The van der Waals surface area contributed by atoms with Crippen molar-refractivity contribution < 1.29 is 9.90 Å². The van der Waals surface area contributed by atoms with E-state index in [0.717, 1.165) is 5.56 Å². The molecule has 116 valence electrons. The van der Waals surface area contributed by atoms with Crippen molar-refractivity contribution in [3.63, 3.8) is 0 Å². The zero-order valence-corrected chi connectivity index (χ0v) is 12.3. The summed E-state index contributed by atoms with van der Waals surface area (Å²) in [6.07, 6.45) is 6.58. The summed E-state index contributed by atoms with van der Waals surface area (Å²) < 4.78 is 1.75. The van der Waals surface area contributed by atoms with E-state index in [0.29, 0.717) is 11.4 Å². The van der Waals surface area contributed by atoms with Crippen LogP contribution in [0.15, 0.2) is 67.4 Å². The molecule has 0 aliphatic rings. The highest BCUT2D eigenvalue weighted by atomic mass is 16.3. The van der Waals surface area contributed by atoms with Gasteiger partial charge < -0.3 is 10.4 Å². The van der Waals surface area contributed by atoms with Gasteiger partial charge in [-0.15, -0.1) is 0 Å². The van der Waals surface area contributed by atoms with E-state index in [-0.39, 0.29) is 12.5 Å². The molecule has 0 bridgehead atoms. The van der Waals surface area contributed by atoms with Gasteiger partial charge in [0.05, 0.1) is 18.2 Å². The molecule has 6 nitrogen and oxygen atoms in total. The first-order valence-electron chi connectivity index (χ1n) is 7.19. The molecule has 3 aromatic rings. The second kappa shape index (κ2) is 6.85. The standard InChI is InChI=1S/C17H16N4O2/c22-11-15(13-4-2-1-3-5-13)20-17(23)14-6-7-16(19-10-14)21-9-8-18-12-21/h1-10,12,15,22H,11H2,(H,20,23). The lowest BCUT2D eigenvalue weighted by Gasteiger charge is -2.16. The molecule has 2 N–H and O–H groups in total. The summed E-state index contributed by atoms with van der Waals surface area (Å²) in [7, 11) is 0. The maximum Gasteiger partial charge on any atom is 0.253 e. The topological polar surface area (TPSA) is 80.0 Å². The van der Waals surface area contributed by atoms with Gasteiger partial charge in [0, 0.05) is 18.6 Å². The van der Waals surface area contributed by atoms with Crippen molar-refractivity contribution in [2.75, 3.05) is 6.61 Å². The van der Waals surface area contributed by atoms with Gasteiger partial charge in [0.2, 0.25) is 0 Å². The number of aliphatic hydroxyl groups is 1. The monoisotopic (exact) mass is 308 g/mol. The Balaban J connectivity index is 1.72. The van der Waals surface area contributed by atoms with E-state index in [1.807, 2.05) is 30.3 Å². The van der Waals surface area contributed by atoms with Crippen molar-refractivity contribution in [3.8, 4) is 5.82 Å². The van der Waals surface area contributed by atoms with Crippen LogP contribution in [0.1, 0.15) is 22.0 Å². The number of carbonyl (C=O) groups is 1. The average Bonchev–Trinajstić information content (AvgIpc) is 3.15. The molecule has 0 aliphatic heterocycles. The first kappa shape index (κ1) is 14.9. The Bertz CT molecular complexity index is 755. The van der Waals surface area contributed by atoms with Crippen molar-refractivity contribution in [2.45, 2.75) is 6.04 Å². The predicted molar refractivity (Wildman–Crippen MR) is 85.1 cm³/mol. The lowest BCUT2D eigenvalue weighted by atomic mass is 10.1. The molecular weight excluding hydrogens is 292 g/mol. The van der Waals surface area contributed by atoms with E-state index < -0.39 is 6.04 Å². The Hall–Kier alpha value is -2.99. The largest absolute Gasteiger partial charge is 0.394 e. The third-order valence-electron chi connectivity index (χ3n) is 3.47. The summed E-state index contributed by atoms with van der Waals surface area (Å²) in [5, 5.41) is 12.3. The van der Waals surface area contributed by atoms with Crippen molar-refractivity contribution in [2.24, 2.45) is 0 Å². The smallest absolute Gasteiger partial charge is 0.253 e. The van der Waals surface area contributed by atoms with E-state index in [4.69, 9.17) is 0 Å². The number of imidazole rings is 1. The maximum absolute atomic E-state index is 12.3. The number of amides is 1. The molecule has 6 heteroatoms. The second-order valence-corrected chi connectivity index (χ2v) is 4.99. The molecule has 1 unspecified atom stereocenters. The fourth-order valence-corrected chi connectivity index (χ4v) is 2.23. The number of nitrogens with zero attached hydrogens (tertiary/aromatic N) is 3. The lowest BCUT2D eigenvalue weighted by molar-refractivity contribution is 0.0916. The number of pyridine rings is 1. The molecule has 0 fully saturated rings. The molecule has 2 heterocycles. The number of hydrogen-bond donors (Lipinski definition) is 2. The molecule has 2 aromatic heterocycles. The summed E-state index contributed by atoms with van der Waals surface area (Å²) in [4.78, 5) is 20.5. The molecule has 0 aliphatic carbocycles. The van der Waals surface area contributed by atoms with Gasteiger partial charge in [-0.05, 0) is 17.7 Å². The van der Waals surface area contributed by atoms with Crippen LogP contribution in [0.5, 0.6) is 0 Å². The summed E-state index contributed by atoms with van der Waals surface area (Å²) in [6.45, 7) is -0.170. The van der Waals surface area contributed by atoms with Gasteiger partial charge in [-0.2, -0.15) is 0 Å². The van der Waals surface area contributed by atoms with Gasteiger partial charge in [0.1, 0.15) is 12.1 Å². The zero-order valence-electron chi connectivity index (χ0n) is 12.3. The minimum Gasteiger partial charge on any atom is -0.394 e. The van der Waals surface area contributed by atoms with Crippen LogP contribution in [0.2, 0.25) is 0 Å². The average molecular weight is 308 g/mol. The molecule has 0 spiro atoms. The second-order valence-electron chi connectivity index (χ2n) is 4.99. The van der Waals surface area contributed by atoms with Gasteiger partial charge in [-0.3, -0.25) is 9.36 Å². The van der Waals surface area contributed by atoms with Gasteiger partial charge in [-0.25, -0.2) is 9.97 Å². The molecule has 1 aromatic carbocycles. The quantitative estimate of drug-likeness (QED) is 0.752. The fourth-order valence-electron chi connectivity index (χ4n) is 2.23. The van der Waals surface area contributed by atoms with E-state index in [1.54, 1.807) is 35.4 Å². The van der Waals surface area contributed by atoms with Crippen LogP contribution in [0.25, 0.3) is 5.82 Å². The molecule has 0 saturated carbocycles. The summed E-state index contributed by atoms with van der Waals surface area (Å²) in [6, 6.07) is 12.3. The Kier molecular flexibility index (Phi) is 4.44. The lowest BCUT2D eigenvalue weighted by Crippen LogP contribution is -2.30. The Morgan fingerprint density at radius 2 is 2.04 bits per heavy atom. The number of carbonyl (C=O) groups excluding carboxylic acids is 1. The number of aliphatic hydroxyl groups excluding tert-OH is 1. The predicted octanol–water partition coefficient (Wildman–Crippen LogP) is 1.73. The summed E-state index contributed by atoms with van der Waals surface area (Å²) in [5.41, 5.74) is 1.29. The van der Waals surface area contributed by atoms with Crippen LogP contribution in [0.4, 0.5) is 0 Å². The van der Waals surface area contributed by atoms with Crippen LogP contribution in [-0.2, 0) is 0 Å². The van der Waals surface area contributed by atoms with Crippen molar-refractivity contribution in [1.29, 1.82) is 0 Å². The Labute approximate surface area is 133 Å². The van der Waals surface area contributed by atoms with Crippen molar-refractivity contribution in [1.82, 2.24) is 19.9 Å².